The molecule has 0 aliphatic carbocycles. The van der Waals surface area contributed by atoms with E-state index in [2.05, 4.69) is 29.0 Å². The third kappa shape index (κ3) is 15.4. The molecule has 0 bridgehead atoms. The van der Waals surface area contributed by atoms with E-state index >= 15 is 0 Å². The fourth-order valence-electron chi connectivity index (χ4n) is 8.82. The summed E-state index contributed by atoms with van der Waals surface area (Å²) in [6.45, 7) is 10.7. The Morgan fingerprint density at radius 2 is 0.933 bits per heavy atom. The second kappa shape index (κ2) is 26.2. The lowest BCUT2D eigenvalue weighted by Crippen LogP contribution is -2.37. The van der Waals surface area contributed by atoms with Crippen LogP contribution in [-0.4, -0.2) is 142 Å². The number of carbonyl (C=O) groups excluding carboxylic acids is 2. The van der Waals surface area contributed by atoms with E-state index in [4.69, 9.17) is 42.6 Å². The summed E-state index contributed by atoms with van der Waals surface area (Å²) in [6, 6.07) is 3.57. The molecular weight excluding hydrogens is 993 g/mol. The minimum absolute atomic E-state index is 0.00115. The van der Waals surface area contributed by atoms with Gasteiger partial charge in [0, 0.05) is 49.6 Å². The van der Waals surface area contributed by atoms with Crippen LogP contribution in [0, 0.1) is 0 Å². The van der Waals surface area contributed by atoms with Crippen LogP contribution in [0.3, 0.4) is 0 Å². The van der Waals surface area contributed by atoms with E-state index in [1.165, 1.54) is 39.9 Å². The van der Waals surface area contributed by atoms with Gasteiger partial charge in [0.15, 0.2) is 30.3 Å². The van der Waals surface area contributed by atoms with Gasteiger partial charge in [-0.3, -0.25) is 52.6 Å². The van der Waals surface area contributed by atoms with Crippen molar-refractivity contribution >= 4 is 11.9 Å². The Hall–Kier alpha value is -5.94. The number of nitrogens with zero attached hydrogens (tertiary/aromatic N) is 3. The summed E-state index contributed by atoms with van der Waals surface area (Å²) in [7, 11) is 0. The lowest BCUT2D eigenvalue weighted by atomic mass is 10.1. The van der Waals surface area contributed by atoms with Gasteiger partial charge in [0.25, 0.3) is 16.7 Å². The highest BCUT2D eigenvalue weighted by Gasteiger charge is 2.57. The van der Waals surface area contributed by atoms with Gasteiger partial charge >= 0.3 is 29.0 Å². The molecule has 5 saturated heterocycles. The molecule has 5 fully saturated rings. The molecule has 8 rings (SSSR count). The standard InChI is InChI=1S/C20H28N2O7.C17H24N2O7.C12H16N2O6/c1-4-5-6-7-8-9-15(24)26-12-13-16-17(29-20(2,3)28-16)18(27-13)22-11-10-14(23)21-19(22)25;1-2-3-4-5-6-7-13(21)25-10-11-14(22)15(23)16(26-11)19-9-8-12(20)18-17(19)24;1-12(2)19-8-6(5-15)18-10(9(8)20-12)14-4-3-7(16)13-11(14)17/h5-6,10-11,13,16-18H,4,7-9,12H2,1-3H3,(H,21,23,25);3-4,8-9,11,14-16,22-23H,2,5-7,10H2,1H3,(H,18,20,24);3-4,6,8-10,15H,5H2,1-2H3,(H,13,16,17)/b6-5-;4-3-;/t13?,16?,17?,18-;11?,14?,15?,16-;6-,8-,9-,10-/m111/s1. The largest absolute Gasteiger partial charge is 0.463 e. The first-order valence-corrected chi connectivity index (χ1v) is 24.9. The van der Waals surface area contributed by atoms with E-state index in [0.29, 0.717) is 12.8 Å². The Balaban J connectivity index is 0.000000186. The van der Waals surface area contributed by atoms with Gasteiger partial charge < -0.3 is 58.0 Å². The van der Waals surface area contributed by atoms with Crippen LogP contribution in [0.5, 0.6) is 0 Å². The number of fused-ring (bicyclic) bond motifs is 2. The average Bonchev–Trinajstić information content (AvgIpc) is 4.12. The van der Waals surface area contributed by atoms with Crippen molar-refractivity contribution in [1.29, 1.82) is 0 Å². The molecule has 8 heterocycles. The summed E-state index contributed by atoms with van der Waals surface area (Å²) >= 11 is 0. The van der Waals surface area contributed by atoms with E-state index in [0.717, 1.165) is 42.7 Å². The molecule has 414 valence electrons. The molecule has 0 aromatic carbocycles. The summed E-state index contributed by atoms with van der Waals surface area (Å²) in [5.41, 5.74) is -3.53. The third-order valence-corrected chi connectivity index (χ3v) is 12.3. The van der Waals surface area contributed by atoms with E-state index < -0.39 is 125 Å². The van der Waals surface area contributed by atoms with Gasteiger partial charge in [0.05, 0.1) is 6.61 Å². The molecule has 3 aromatic heterocycles. The number of carbonyl (C=O) groups is 2. The first-order chi connectivity index (χ1) is 35.6. The van der Waals surface area contributed by atoms with Crippen LogP contribution in [0.1, 0.15) is 112 Å². The van der Waals surface area contributed by atoms with Crippen LogP contribution in [0.2, 0.25) is 0 Å². The molecule has 0 saturated carbocycles. The highest BCUT2D eigenvalue weighted by molar-refractivity contribution is 5.69. The quantitative estimate of drug-likeness (QED) is 0.0571. The van der Waals surface area contributed by atoms with Gasteiger partial charge in [-0.25, -0.2) is 14.4 Å². The minimum Gasteiger partial charge on any atom is -0.463 e. The van der Waals surface area contributed by atoms with Crippen LogP contribution < -0.4 is 33.7 Å². The number of allylic oxidation sites excluding steroid dienone is 4. The molecule has 3 aromatic rings. The summed E-state index contributed by atoms with van der Waals surface area (Å²) in [5.74, 6) is -2.41. The number of ether oxygens (including phenoxy) is 9. The minimum atomic E-state index is -1.40. The normalized spacial score (nSPS) is 29.1. The number of aliphatic hydroxyl groups excluding tert-OH is 3. The first kappa shape index (κ1) is 58.3. The first-order valence-electron chi connectivity index (χ1n) is 24.9. The smallest absolute Gasteiger partial charge is 0.330 e. The molecule has 75 heavy (non-hydrogen) atoms. The topological polar surface area (TPSA) is 342 Å². The van der Waals surface area contributed by atoms with E-state index in [1.807, 2.05) is 24.1 Å². The lowest BCUT2D eigenvalue weighted by Gasteiger charge is -2.24. The number of aromatic nitrogens is 6. The molecule has 0 radical (unpaired) electrons. The van der Waals surface area contributed by atoms with Crippen LogP contribution in [0.15, 0.2) is 89.9 Å². The van der Waals surface area contributed by atoms with Crippen molar-refractivity contribution in [3.8, 4) is 0 Å². The van der Waals surface area contributed by atoms with E-state index in [9.17, 15) is 53.7 Å². The zero-order valence-electron chi connectivity index (χ0n) is 42.6. The number of nitrogens with one attached hydrogen (secondary N) is 3. The maximum Gasteiger partial charge on any atom is 0.330 e. The van der Waals surface area contributed by atoms with Gasteiger partial charge in [-0.15, -0.1) is 0 Å². The SMILES string of the molecule is CC/C=C\CCCC(=O)OCC1O[C@@H](n2ccc(=O)[nH]c2=O)C(O)C1O.CC/C=C\CCCC(=O)OCC1O[C@@H](n2ccc(=O)[nH]c2=O)C2OC(C)(C)OC12.CC1(C)O[C@@H]2[C@H](O1)[C@@H](CO)O[C@H]2n1ccc(=O)[nH]c1=O. The number of unbranched alkanes of at least 4 members (excludes halogenated alkanes) is 2. The fraction of sp³-hybridized carbons (Fsp3) is 0.633. The van der Waals surface area contributed by atoms with Gasteiger partial charge in [-0.1, -0.05) is 38.2 Å². The molecule has 26 heteroatoms. The van der Waals surface area contributed by atoms with Crippen molar-refractivity contribution in [1.82, 2.24) is 28.7 Å². The third-order valence-electron chi connectivity index (χ3n) is 12.3. The second-order valence-electron chi connectivity index (χ2n) is 19.0. The molecule has 0 spiro atoms. The maximum atomic E-state index is 12.2. The maximum absolute atomic E-state index is 12.2. The molecule has 0 amide bonds. The van der Waals surface area contributed by atoms with Crippen molar-refractivity contribution in [3.63, 3.8) is 0 Å². The average molecular weight is 1060 g/mol. The van der Waals surface area contributed by atoms with Crippen molar-refractivity contribution < 1.29 is 67.5 Å². The molecule has 6 N–H and O–H groups in total. The number of hydrogen-bond donors (Lipinski definition) is 6. The molecule has 6 unspecified atom stereocenters. The number of H-pyrrole nitrogens is 3. The van der Waals surface area contributed by atoms with Crippen molar-refractivity contribution in [2.24, 2.45) is 0 Å². The predicted molar refractivity (Wildman–Crippen MR) is 261 cm³/mol. The number of hydrogen-bond acceptors (Lipinski definition) is 20. The lowest BCUT2D eigenvalue weighted by molar-refractivity contribution is -0.203. The number of rotatable bonds is 18. The molecule has 26 nitrogen and oxygen atoms in total. The summed E-state index contributed by atoms with van der Waals surface area (Å²) < 4.78 is 54.2. The van der Waals surface area contributed by atoms with Gasteiger partial charge in [-0.05, 0) is 66.2 Å². The van der Waals surface area contributed by atoms with Gasteiger partial charge in [0.1, 0.15) is 68.1 Å². The zero-order chi connectivity index (χ0) is 54.6. The van der Waals surface area contributed by atoms with Crippen LogP contribution in [0.4, 0.5) is 0 Å². The van der Waals surface area contributed by atoms with E-state index in [1.54, 1.807) is 27.7 Å². The summed E-state index contributed by atoms with van der Waals surface area (Å²) in [5, 5.41) is 29.5. The fourth-order valence-corrected chi connectivity index (χ4v) is 8.82. The Bertz CT molecular complexity index is 2810. The molecule has 5 aliphatic rings. The van der Waals surface area contributed by atoms with Crippen LogP contribution >= 0.6 is 0 Å². The van der Waals surface area contributed by atoms with Gasteiger partial charge in [-0.2, -0.15) is 0 Å². The summed E-state index contributed by atoms with van der Waals surface area (Å²) in [4.78, 5) is 99.5. The molecule has 5 aliphatic heterocycles. The molecular formula is C49H68N6O20. The Kier molecular flexibility index (Phi) is 20.4. The zero-order valence-corrected chi connectivity index (χ0v) is 42.6. The number of aliphatic hydroxyl groups is 3. The Labute approximate surface area is 428 Å². The highest BCUT2D eigenvalue weighted by atomic mass is 16.8. The van der Waals surface area contributed by atoms with Crippen molar-refractivity contribution in [2.75, 3.05) is 19.8 Å². The number of aromatic amines is 3. The second-order valence-corrected chi connectivity index (χ2v) is 19.0. The highest BCUT2D eigenvalue weighted by Crippen LogP contribution is 2.44. The Morgan fingerprint density at radius 3 is 1.35 bits per heavy atom. The molecule has 12 atom stereocenters. The monoisotopic (exact) mass is 1060 g/mol. The number of esters is 2. The van der Waals surface area contributed by atoms with Crippen LogP contribution in [0.25, 0.3) is 0 Å². The van der Waals surface area contributed by atoms with E-state index in [-0.39, 0.29) is 32.2 Å². The van der Waals surface area contributed by atoms with Crippen LogP contribution in [-0.2, 0) is 52.2 Å². The van der Waals surface area contributed by atoms with Crippen molar-refractivity contribution in [3.05, 3.63) is 124 Å². The van der Waals surface area contributed by atoms with Crippen molar-refractivity contribution in [2.45, 2.75) is 178 Å². The Morgan fingerprint density at radius 1 is 0.560 bits per heavy atom. The summed E-state index contributed by atoms with van der Waals surface area (Å²) in [6.07, 6.45) is 7.81. The van der Waals surface area contributed by atoms with Gasteiger partial charge in [0.2, 0.25) is 0 Å². The predicted octanol–water partition coefficient (Wildman–Crippen LogP) is 0.416.